The van der Waals surface area contributed by atoms with Crippen molar-refractivity contribution in [2.24, 2.45) is 0 Å². The van der Waals surface area contributed by atoms with Gasteiger partial charge in [0.1, 0.15) is 5.82 Å². The molecule has 1 fully saturated rings. The van der Waals surface area contributed by atoms with Crippen LogP contribution in [0, 0.1) is 0 Å². The Labute approximate surface area is 92.5 Å². The summed E-state index contributed by atoms with van der Waals surface area (Å²) in [5, 5.41) is 7.89. The van der Waals surface area contributed by atoms with E-state index in [0.717, 1.165) is 17.2 Å². The number of hydrogen-bond donors (Lipinski definition) is 1. The predicted molar refractivity (Wildman–Crippen MR) is 58.8 cm³/mol. The van der Waals surface area contributed by atoms with Gasteiger partial charge in [0.2, 0.25) is 0 Å². The topological polar surface area (TPSA) is 41.6 Å². The van der Waals surface area contributed by atoms with Crippen LogP contribution in [0.1, 0.15) is 24.6 Å². The highest BCUT2D eigenvalue weighted by Crippen LogP contribution is 2.38. The molecule has 1 saturated carbocycles. The van der Waals surface area contributed by atoms with E-state index in [1.165, 1.54) is 12.8 Å². The second-order valence-electron chi connectivity index (χ2n) is 3.83. The first-order chi connectivity index (χ1) is 7.33. The summed E-state index contributed by atoms with van der Waals surface area (Å²) in [6, 6.07) is 7.59. The first-order valence-electron chi connectivity index (χ1n) is 5.01. The quantitative estimate of drug-likeness (QED) is 0.844. The van der Waals surface area contributed by atoms with E-state index in [0.29, 0.717) is 10.9 Å². The van der Waals surface area contributed by atoms with Gasteiger partial charge < -0.3 is 0 Å². The molecule has 2 aromatic rings. The number of aromatic nitrogens is 3. The van der Waals surface area contributed by atoms with Crippen LogP contribution in [0.15, 0.2) is 24.3 Å². The van der Waals surface area contributed by atoms with Gasteiger partial charge in [0, 0.05) is 16.5 Å². The lowest BCUT2D eigenvalue weighted by Crippen LogP contribution is -1.82. The number of H-pyrrole nitrogens is 1. The molecule has 3 nitrogen and oxygen atoms in total. The molecule has 76 valence electrons. The van der Waals surface area contributed by atoms with Crippen LogP contribution >= 0.6 is 11.6 Å². The van der Waals surface area contributed by atoms with E-state index >= 15 is 0 Å². The van der Waals surface area contributed by atoms with Gasteiger partial charge in [-0.1, -0.05) is 23.7 Å². The maximum Gasteiger partial charge on any atom is 0.181 e. The van der Waals surface area contributed by atoms with Crippen molar-refractivity contribution in [3.8, 4) is 11.4 Å². The van der Waals surface area contributed by atoms with Gasteiger partial charge in [0.15, 0.2) is 5.82 Å². The van der Waals surface area contributed by atoms with Gasteiger partial charge in [-0.15, -0.1) is 0 Å². The summed E-state index contributed by atoms with van der Waals surface area (Å²) < 4.78 is 0. The lowest BCUT2D eigenvalue weighted by molar-refractivity contribution is 0.935. The predicted octanol–water partition coefficient (Wildman–Crippen LogP) is 3.00. The Balaban J connectivity index is 1.97. The van der Waals surface area contributed by atoms with E-state index in [1.54, 1.807) is 0 Å². The number of halogens is 1. The number of nitrogens with zero attached hydrogens (tertiary/aromatic N) is 2. The monoisotopic (exact) mass is 219 g/mol. The fourth-order valence-corrected chi connectivity index (χ4v) is 1.76. The number of hydrogen-bond acceptors (Lipinski definition) is 2. The Morgan fingerprint density at radius 3 is 2.93 bits per heavy atom. The average molecular weight is 220 g/mol. The molecule has 3 rings (SSSR count). The van der Waals surface area contributed by atoms with Gasteiger partial charge >= 0.3 is 0 Å². The van der Waals surface area contributed by atoms with Crippen molar-refractivity contribution in [3.63, 3.8) is 0 Å². The Hall–Kier alpha value is -1.35. The third-order valence-corrected chi connectivity index (χ3v) is 2.78. The molecule has 1 aliphatic rings. The highest BCUT2D eigenvalue weighted by atomic mass is 35.5. The summed E-state index contributed by atoms with van der Waals surface area (Å²) in [4.78, 5) is 4.46. The molecule has 4 heteroatoms. The van der Waals surface area contributed by atoms with Crippen molar-refractivity contribution in [1.29, 1.82) is 0 Å². The molecule has 1 aromatic carbocycles. The highest BCUT2D eigenvalue weighted by molar-refractivity contribution is 6.30. The van der Waals surface area contributed by atoms with Gasteiger partial charge in [-0.25, -0.2) is 4.98 Å². The Morgan fingerprint density at radius 2 is 2.20 bits per heavy atom. The molecule has 0 aliphatic heterocycles. The Bertz CT molecular complexity index is 488. The normalized spacial score (nSPS) is 15.5. The van der Waals surface area contributed by atoms with Crippen molar-refractivity contribution < 1.29 is 0 Å². The Morgan fingerprint density at radius 1 is 1.33 bits per heavy atom. The maximum atomic E-state index is 5.91. The molecule has 0 atom stereocenters. The van der Waals surface area contributed by atoms with Crippen LogP contribution in [-0.2, 0) is 0 Å². The molecular formula is C11H10ClN3. The number of aromatic amines is 1. The molecule has 0 bridgehead atoms. The molecule has 1 aliphatic carbocycles. The zero-order valence-electron chi connectivity index (χ0n) is 8.07. The zero-order chi connectivity index (χ0) is 10.3. The minimum Gasteiger partial charge on any atom is -0.262 e. The van der Waals surface area contributed by atoms with Crippen molar-refractivity contribution in [2.75, 3.05) is 0 Å². The van der Waals surface area contributed by atoms with E-state index in [9.17, 15) is 0 Å². The Kier molecular flexibility index (Phi) is 1.99. The van der Waals surface area contributed by atoms with Gasteiger partial charge in [0.25, 0.3) is 0 Å². The first-order valence-corrected chi connectivity index (χ1v) is 5.39. The molecule has 0 saturated heterocycles. The van der Waals surface area contributed by atoms with Gasteiger partial charge in [0.05, 0.1) is 0 Å². The van der Waals surface area contributed by atoms with Crippen LogP contribution < -0.4 is 0 Å². The maximum absolute atomic E-state index is 5.91. The summed E-state index contributed by atoms with van der Waals surface area (Å²) in [6.07, 6.45) is 2.45. The van der Waals surface area contributed by atoms with Crippen molar-refractivity contribution in [3.05, 3.63) is 35.1 Å². The second-order valence-corrected chi connectivity index (χ2v) is 4.27. The molecule has 1 aromatic heterocycles. The molecule has 1 N–H and O–H groups in total. The summed E-state index contributed by atoms with van der Waals surface area (Å²) in [5.74, 6) is 2.34. The molecule has 0 spiro atoms. The second kappa shape index (κ2) is 3.35. The highest BCUT2D eigenvalue weighted by Gasteiger charge is 2.27. The van der Waals surface area contributed by atoms with Crippen LogP contribution in [-0.4, -0.2) is 15.2 Å². The molecule has 15 heavy (non-hydrogen) atoms. The van der Waals surface area contributed by atoms with Gasteiger partial charge in [-0.05, 0) is 25.0 Å². The summed E-state index contributed by atoms with van der Waals surface area (Å²) in [7, 11) is 0. The van der Waals surface area contributed by atoms with Crippen LogP contribution in [0.2, 0.25) is 5.02 Å². The van der Waals surface area contributed by atoms with Crippen molar-refractivity contribution >= 4 is 11.6 Å². The lowest BCUT2D eigenvalue weighted by Gasteiger charge is -1.94. The minimum absolute atomic E-state index is 0.602. The van der Waals surface area contributed by atoms with Crippen LogP contribution in [0.25, 0.3) is 11.4 Å². The molecule has 0 unspecified atom stereocenters. The van der Waals surface area contributed by atoms with Crippen LogP contribution in [0.5, 0.6) is 0 Å². The summed E-state index contributed by atoms with van der Waals surface area (Å²) in [5.41, 5.74) is 0.964. The lowest BCUT2D eigenvalue weighted by atomic mass is 10.2. The fourth-order valence-electron chi connectivity index (χ4n) is 1.57. The van der Waals surface area contributed by atoms with Gasteiger partial charge in [-0.3, -0.25) is 5.10 Å². The van der Waals surface area contributed by atoms with E-state index in [1.807, 2.05) is 24.3 Å². The molecular weight excluding hydrogens is 210 g/mol. The van der Waals surface area contributed by atoms with E-state index in [2.05, 4.69) is 15.2 Å². The first kappa shape index (κ1) is 8.92. The third kappa shape index (κ3) is 1.75. The van der Waals surface area contributed by atoms with E-state index < -0.39 is 0 Å². The average Bonchev–Trinajstić information content (AvgIpc) is 2.97. The molecule has 0 radical (unpaired) electrons. The number of benzene rings is 1. The fraction of sp³-hybridized carbons (Fsp3) is 0.273. The molecule has 0 amide bonds. The smallest absolute Gasteiger partial charge is 0.181 e. The summed E-state index contributed by atoms with van der Waals surface area (Å²) in [6.45, 7) is 0. The van der Waals surface area contributed by atoms with Crippen LogP contribution in [0.4, 0.5) is 0 Å². The zero-order valence-corrected chi connectivity index (χ0v) is 8.83. The largest absolute Gasteiger partial charge is 0.262 e. The SMILES string of the molecule is Clc1cccc(-c2n[nH]c(C3CC3)n2)c1. The van der Waals surface area contributed by atoms with E-state index in [-0.39, 0.29) is 0 Å². The summed E-state index contributed by atoms with van der Waals surface area (Å²) >= 11 is 5.91. The minimum atomic E-state index is 0.602. The number of rotatable bonds is 2. The van der Waals surface area contributed by atoms with Crippen molar-refractivity contribution in [1.82, 2.24) is 15.2 Å². The third-order valence-electron chi connectivity index (χ3n) is 2.55. The standard InChI is InChI=1S/C11H10ClN3/c12-9-3-1-2-8(6-9)11-13-10(14-15-11)7-4-5-7/h1-3,6-7H,4-5H2,(H,13,14,15). The van der Waals surface area contributed by atoms with Crippen LogP contribution in [0.3, 0.4) is 0 Å². The van der Waals surface area contributed by atoms with Crippen molar-refractivity contribution in [2.45, 2.75) is 18.8 Å². The number of nitrogens with one attached hydrogen (secondary N) is 1. The molecule has 1 heterocycles. The van der Waals surface area contributed by atoms with E-state index in [4.69, 9.17) is 11.6 Å². The van der Waals surface area contributed by atoms with Gasteiger partial charge in [-0.2, -0.15) is 5.10 Å².